The van der Waals surface area contributed by atoms with E-state index in [1.165, 1.54) is 6.07 Å². The lowest BCUT2D eigenvalue weighted by molar-refractivity contribution is -0.388. The van der Waals surface area contributed by atoms with Crippen molar-refractivity contribution in [1.82, 2.24) is 0 Å². The molecule has 0 aliphatic rings. The van der Waals surface area contributed by atoms with Crippen LogP contribution in [0.25, 0.3) is 0 Å². The van der Waals surface area contributed by atoms with E-state index in [9.17, 15) is 33.2 Å². The maximum absolute atomic E-state index is 12.7. The summed E-state index contributed by atoms with van der Waals surface area (Å²) in [5, 5.41) is 30.0. The van der Waals surface area contributed by atoms with E-state index < -0.39 is 46.1 Å². The van der Waals surface area contributed by atoms with E-state index in [0.717, 1.165) is 0 Å². The number of phenols is 1. The van der Waals surface area contributed by atoms with Crippen molar-refractivity contribution in [3.63, 3.8) is 0 Å². The van der Waals surface area contributed by atoms with Gasteiger partial charge in [0.25, 0.3) is 5.69 Å². The van der Waals surface area contributed by atoms with Gasteiger partial charge in [0, 0.05) is 0 Å². The molecule has 10 heteroatoms. The number of carbonyl (C=O) groups excluding carboxylic acids is 1. The lowest BCUT2D eigenvalue weighted by Gasteiger charge is -2.11. The Bertz CT molecular complexity index is 607. The summed E-state index contributed by atoms with van der Waals surface area (Å²) in [4.78, 5) is 20.3. The topological polar surface area (TPSA) is 116 Å². The molecule has 20 heavy (non-hydrogen) atoms. The van der Waals surface area contributed by atoms with Crippen LogP contribution in [-0.4, -0.2) is 15.9 Å². The molecule has 0 unspecified atom stereocenters. The van der Waals surface area contributed by atoms with Gasteiger partial charge in [-0.05, 0) is 6.07 Å². The minimum absolute atomic E-state index is 0.239. The number of anilines is 1. The van der Waals surface area contributed by atoms with Gasteiger partial charge >= 0.3 is 6.18 Å². The number of aromatic hydroxyl groups is 1. The van der Waals surface area contributed by atoms with Crippen molar-refractivity contribution in [3.8, 4) is 11.8 Å². The highest BCUT2D eigenvalue weighted by Gasteiger charge is 2.39. The van der Waals surface area contributed by atoms with Crippen molar-refractivity contribution in [2.24, 2.45) is 0 Å². The Labute approximate surface area is 109 Å². The van der Waals surface area contributed by atoms with Crippen molar-refractivity contribution in [2.75, 3.05) is 5.32 Å². The third-order valence-electron chi connectivity index (χ3n) is 2.13. The van der Waals surface area contributed by atoms with Crippen LogP contribution in [-0.2, 0) is 11.0 Å². The highest BCUT2D eigenvalue weighted by molar-refractivity contribution is 5.93. The number of nitro groups is 1. The molecule has 0 atom stereocenters. The van der Waals surface area contributed by atoms with Gasteiger partial charge < -0.3 is 10.4 Å². The zero-order chi connectivity index (χ0) is 15.5. The number of hydrogen-bond acceptors (Lipinski definition) is 5. The van der Waals surface area contributed by atoms with Gasteiger partial charge in [0.05, 0.1) is 22.7 Å². The number of nitriles is 1. The molecule has 106 valence electrons. The van der Waals surface area contributed by atoms with E-state index in [4.69, 9.17) is 5.26 Å². The maximum Gasteiger partial charge on any atom is 0.423 e. The first-order chi connectivity index (χ1) is 9.16. The lowest BCUT2D eigenvalue weighted by Crippen LogP contribution is -2.13. The van der Waals surface area contributed by atoms with E-state index in [1.54, 1.807) is 0 Å². The Balaban J connectivity index is 3.33. The van der Waals surface area contributed by atoms with Gasteiger partial charge in [-0.25, -0.2) is 0 Å². The second kappa shape index (κ2) is 5.43. The summed E-state index contributed by atoms with van der Waals surface area (Å²) in [5.41, 5.74) is -3.62. The molecule has 0 bridgehead atoms. The van der Waals surface area contributed by atoms with Crippen molar-refractivity contribution in [3.05, 3.63) is 27.8 Å². The third-order valence-corrected chi connectivity index (χ3v) is 2.13. The van der Waals surface area contributed by atoms with Crippen LogP contribution in [0, 0.1) is 21.4 Å². The molecule has 0 aromatic heterocycles. The predicted octanol–water partition coefficient (Wildman–Crippen LogP) is 2.17. The van der Waals surface area contributed by atoms with Crippen molar-refractivity contribution in [2.45, 2.75) is 12.6 Å². The van der Waals surface area contributed by atoms with Gasteiger partial charge in [-0.15, -0.1) is 0 Å². The molecular formula is C10H6F3N3O4. The van der Waals surface area contributed by atoms with Gasteiger partial charge in [0.15, 0.2) is 0 Å². The second-order valence-corrected chi connectivity index (χ2v) is 3.52. The number of rotatable bonds is 3. The number of nitro benzene ring substituents is 1. The molecule has 2 N–H and O–H groups in total. The summed E-state index contributed by atoms with van der Waals surface area (Å²) in [6, 6.07) is 1.98. The molecule has 1 aromatic carbocycles. The maximum atomic E-state index is 12.7. The Morgan fingerprint density at radius 1 is 1.50 bits per heavy atom. The molecule has 0 spiro atoms. The first-order valence-electron chi connectivity index (χ1n) is 4.92. The summed E-state index contributed by atoms with van der Waals surface area (Å²) >= 11 is 0. The monoisotopic (exact) mass is 289 g/mol. The molecule has 0 radical (unpaired) electrons. The fourth-order valence-corrected chi connectivity index (χ4v) is 1.32. The van der Waals surface area contributed by atoms with Crippen LogP contribution in [0.1, 0.15) is 12.0 Å². The average Bonchev–Trinajstić information content (AvgIpc) is 2.29. The largest absolute Gasteiger partial charge is 0.506 e. The van der Waals surface area contributed by atoms with Crippen LogP contribution >= 0.6 is 0 Å². The number of carbonyl (C=O) groups is 1. The average molecular weight is 289 g/mol. The molecule has 7 nitrogen and oxygen atoms in total. The molecular weight excluding hydrogens is 283 g/mol. The standard InChI is InChI=1S/C10H6F3N3O4/c11-10(12,13)5-3-6(15-9(18)1-2-14)8(17)4-7(5)16(19)20/h3-4,17H,1H2,(H,15,18). The first kappa shape index (κ1) is 15.2. The van der Waals surface area contributed by atoms with Crippen LogP contribution in [0.4, 0.5) is 24.5 Å². The normalized spacial score (nSPS) is 10.7. The number of alkyl halides is 3. The number of hydrogen-bond donors (Lipinski definition) is 2. The van der Waals surface area contributed by atoms with E-state index in [0.29, 0.717) is 0 Å². The molecule has 0 heterocycles. The molecule has 1 amide bonds. The Kier molecular flexibility index (Phi) is 4.14. The minimum Gasteiger partial charge on any atom is -0.506 e. The van der Waals surface area contributed by atoms with Gasteiger partial charge in [0.2, 0.25) is 5.91 Å². The SMILES string of the molecule is N#CCC(=O)Nc1cc(C(F)(F)F)c([N+](=O)[O-])cc1O. The van der Waals surface area contributed by atoms with Gasteiger partial charge in [0.1, 0.15) is 17.7 Å². The van der Waals surface area contributed by atoms with Crippen LogP contribution in [0.15, 0.2) is 12.1 Å². The number of amides is 1. The molecule has 0 saturated carbocycles. The minimum atomic E-state index is -5.04. The van der Waals surface area contributed by atoms with Crippen molar-refractivity contribution >= 4 is 17.3 Å². The van der Waals surface area contributed by atoms with E-state index in [2.05, 4.69) is 0 Å². The summed E-state index contributed by atoms with van der Waals surface area (Å²) < 4.78 is 38.0. The number of halogens is 3. The van der Waals surface area contributed by atoms with Gasteiger partial charge in [-0.1, -0.05) is 0 Å². The van der Waals surface area contributed by atoms with Crippen molar-refractivity contribution in [1.29, 1.82) is 5.26 Å². The zero-order valence-corrected chi connectivity index (χ0v) is 9.56. The molecule has 0 aliphatic heterocycles. The molecule has 1 rings (SSSR count). The second-order valence-electron chi connectivity index (χ2n) is 3.52. The quantitative estimate of drug-likeness (QED) is 0.502. The summed E-state index contributed by atoms with van der Waals surface area (Å²) in [5.74, 6) is -1.86. The van der Waals surface area contributed by atoms with Gasteiger partial charge in [-0.3, -0.25) is 14.9 Å². The smallest absolute Gasteiger partial charge is 0.423 e. The van der Waals surface area contributed by atoms with Crippen LogP contribution in [0.3, 0.4) is 0 Å². The predicted molar refractivity (Wildman–Crippen MR) is 58.6 cm³/mol. The van der Waals surface area contributed by atoms with Crippen LogP contribution < -0.4 is 5.32 Å². The number of nitrogens with one attached hydrogen (secondary N) is 1. The summed E-state index contributed by atoms with van der Waals surface area (Å²) in [6.07, 6.45) is -5.68. The van der Waals surface area contributed by atoms with Crippen molar-refractivity contribution < 1.29 is 28.0 Å². The third kappa shape index (κ3) is 3.35. The Morgan fingerprint density at radius 3 is 2.55 bits per heavy atom. The molecule has 0 saturated heterocycles. The van der Waals surface area contributed by atoms with E-state index in [-0.39, 0.29) is 12.1 Å². The summed E-state index contributed by atoms with van der Waals surface area (Å²) in [6.45, 7) is 0. The Hall–Kier alpha value is -2.83. The van der Waals surface area contributed by atoms with E-state index >= 15 is 0 Å². The molecule has 0 aliphatic carbocycles. The van der Waals surface area contributed by atoms with E-state index in [1.807, 2.05) is 5.32 Å². The van der Waals surface area contributed by atoms with Crippen LogP contribution in [0.2, 0.25) is 0 Å². The highest BCUT2D eigenvalue weighted by atomic mass is 19.4. The number of benzene rings is 1. The fourth-order valence-electron chi connectivity index (χ4n) is 1.32. The zero-order valence-electron chi connectivity index (χ0n) is 9.56. The summed E-state index contributed by atoms with van der Waals surface area (Å²) in [7, 11) is 0. The lowest BCUT2D eigenvalue weighted by atomic mass is 10.1. The van der Waals surface area contributed by atoms with Gasteiger partial charge in [-0.2, -0.15) is 18.4 Å². The first-order valence-corrected chi connectivity index (χ1v) is 4.92. The molecule has 1 aromatic rings. The highest BCUT2D eigenvalue weighted by Crippen LogP contribution is 2.41. The molecule has 0 fully saturated rings. The number of phenolic OH excluding ortho intramolecular Hbond substituents is 1. The Morgan fingerprint density at radius 2 is 2.10 bits per heavy atom. The number of nitrogens with zero attached hydrogens (tertiary/aromatic N) is 2. The van der Waals surface area contributed by atoms with Crippen LogP contribution in [0.5, 0.6) is 5.75 Å². The fraction of sp³-hybridized carbons (Fsp3) is 0.200.